The third kappa shape index (κ3) is 6.42. The molecule has 0 bridgehead atoms. The molecular weight excluding hydrogens is 438 g/mol. The van der Waals surface area contributed by atoms with E-state index in [0.717, 1.165) is 27.6 Å². The minimum atomic E-state index is -0.189. The van der Waals surface area contributed by atoms with E-state index in [-0.39, 0.29) is 5.91 Å². The molecule has 0 aliphatic carbocycles. The number of ether oxygens (including phenoxy) is 3. The summed E-state index contributed by atoms with van der Waals surface area (Å²) in [5, 5.41) is 5.03. The van der Waals surface area contributed by atoms with Crippen LogP contribution in [0.3, 0.4) is 0 Å². The molecule has 0 radical (unpaired) electrons. The number of hydrogen-bond donors (Lipinski definition) is 1. The zero-order valence-corrected chi connectivity index (χ0v) is 20.0. The molecule has 5 nitrogen and oxygen atoms in total. The van der Waals surface area contributed by atoms with Gasteiger partial charge in [0.15, 0.2) is 11.5 Å². The largest absolute Gasteiger partial charge is 0.493 e. The minimum absolute atomic E-state index is 0.189. The molecule has 1 amide bonds. The van der Waals surface area contributed by atoms with Gasteiger partial charge in [0.1, 0.15) is 19.0 Å². The molecule has 0 saturated carbocycles. The molecule has 5 heteroatoms. The molecule has 1 N–H and O–H groups in total. The summed E-state index contributed by atoms with van der Waals surface area (Å²) in [6.45, 7) is 3.31. The first kappa shape index (κ1) is 23.9. The van der Waals surface area contributed by atoms with Crippen molar-refractivity contribution < 1.29 is 19.0 Å². The maximum Gasteiger partial charge on any atom is 0.244 e. The molecule has 178 valence electrons. The lowest BCUT2D eigenvalue weighted by molar-refractivity contribution is -0.116. The van der Waals surface area contributed by atoms with Gasteiger partial charge in [-0.1, -0.05) is 66.7 Å². The zero-order chi connectivity index (χ0) is 24.5. The molecule has 0 aromatic heterocycles. The molecule has 4 aromatic carbocycles. The average molecular weight is 468 g/mol. The molecule has 4 aromatic rings. The Morgan fingerprint density at radius 1 is 0.857 bits per heavy atom. The van der Waals surface area contributed by atoms with Crippen molar-refractivity contribution in [2.24, 2.45) is 0 Å². The van der Waals surface area contributed by atoms with Crippen molar-refractivity contribution in [2.45, 2.75) is 13.5 Å². The van der Waals surface area contributed by atoms with Crippen molar-refractivity contribution in [3.63, 3.8) is 0 Å². The Morgan fingerprint density at radius 3 is 2.51 bits per heavy atom. The fourth-order valence-corrected chi connectivity index (χ4v) is 3.72. The van der Waals surface area contributed by atoms with Gasteiger partial charge in [-0.15, -0.1) is 0 Å². The van der Waals surface area contributed by atoms with Crippen molar-refractivity contribution in [1.29, 1.82) is 0 Å². The molecule has 0 heterocycles. The highest BCUT2D eigenvalue weighted by atomic mass is 16.5. The van der Waals surface area contributed by atoms with Crippen molar-refractivity contribution in [2.75, 3.05) is 20.3 Å². The van der Waals surface area contributed by atoms with Crippen molar-refractivity contribution in [3.8, 4) is 17.2 Å². The molecule has 0 spiro atoms. The number of benzene rings is 4. The van der Waals surface area contributed by atoms with E-state index in [0.29, 0.717) is 31.3 Å². The highest BCUT2D eigenvalue weighted by molar-refractivity contribution is 5.91. The van der Waals surface area contributed by atoms with Crippen molar-refractivity contribution in [1.82, 2.24) is 5.32 Å². The van der Waals surface area contributed by atoms with E-state index >= 15 is 0 Å². The third-order valence-electron chi connectivity index (χ3n) is 5.67. The summed E-state index contributed by atoms with van der Waals surface area (Å²) < 4.78 is 17.3. The Labute approximate surface area is 206 Å². The van der Waals surface area contributed by atoms with Crippen LogP contribution >= 0.6 is 0 Å². The van der Waals surface area contributed by atoms with E-state index in [2.05, 4.69) is 18.3 Å². The number of carbonyl (C=O) groups is 1. The lowest BCUT2D eigenvalue weighted by Gasteiger charge is -2.12. The van der Waals surface area contributed by atoms with E-state index in [1.165, 1.54) is 11.6 Å². The van der Waals surface area contributed by atoms with E-state index in [1.807, 2.05) is 78.9 Å². The van der Waals surface area contributed by atoms with Crippen LogP contribution in [0, 0.1) is 6.92 Å². The van der Waals surface area contributed by atoms with Crippen molar-refractivity contribution >= 4 is 22.8 Å². The van der Waals surface area contributed by atoms with Crippen LogP contribution in [0.4, 0.5) is 0 Å². The van der Waals surface area contributed by atoms with E-state index in [1.54, 1.807) is 13.2 Å². The van der Waals surface area contributed by atoms with E-state index in [4.69, 9.17) is 14.2 Å². The summed E-state index contributed by atoms with van der Waals surface area (Å²) in [4.78, 5) is 12.2. The van der Waals surface area contributed by atoms with Crippen LogP contribution in [0.1, 0.15) is 16.7 Å². The first-order valence-corrected chi connectivity index (χ1v) is 11.6. The van der Waals surface area contributed by atoms with Crippen LogP contribution in [0.2, 0.25) is 0 Å². The second kappa shape index (κ2) is 11.7. The summed E-state index contributed by atoms with van der Waals surface area (Å²) in [7, 11) is 1.60. The lowest BCUT2D eigenvalue weighted by atomic mass is 10.1. The van der Waals surface area contributed by atoms with Gasteiger partial charge in [0.2, 0.25) is 5.91 Å². The van der Waals surface area contributed by atoms with Crippen LogP contribution in [0.15, 0.2) is 91.0 Å². The predicted octanol–water partition coefficient (Wildman–Crippen LogP) is 5.94. The minimum Gasteiger partial charge on any atom is -0.493 e. The van der Waals surface area contributed by atoms with Gasteiger partial charge in [0.25, 0.3) is 0 Å². The van der Waals surface area contributed by atoms with E-state index < -0.39 is 0 Å². The van der Waals surface area contributed by atoms with Gasteiger partial charge < -0.3 is 19.5 Å². The Kier molecular flexibility index (Phi) is 8.02. The first-order valence-electron chi connectivity index (χ1n) is 11.6. The third-order valence-corrected chi connectivity index (χ3v) is 5.67. The zero-order valence-electron chi connectivity index (χ0n) is 20.0. The Balaban J connectivity index is 1.27. The van der Waals surface area contributed by atoms with Gasteiger partial charge >= 0.3 is 0 Å². The van der Waals surface area contributed by atoms with Gasteiger partial charge in [-0.05, 0) is 53.3 Å². The summed E-state index contributed by atoms with van der Waals surface area (Å²) >= 11 is 0. The first-order chi connectivity index (χ1) is 17.1. The molecule has 35 heavy (non-hydrogen) atoms. The quantitative estimate of drug-likeness (QED) is 0.232. The number of amides is 1. The maximum atomic E-state index is 12.2. The van der Waals surface area contributed by atoms with Gasteiger partial charge in [-0.25, -0.2) is 0 Å². The van der Waals surface area contributed by atoms with Gasteiger partial charge in [0, 0.05) is 11.5 Å². The molecule has 0 atom stereocenters. The highest BCUT2D eigenvalue weighted by Crippen LogP contribution is 2.29. The number of hydrogen-bond acceptors (Lipinski definition) is 4. The standard InChI is InChI=1S/C30H29NO4/c1-22-8-3-4-10-25(22)21-35-28-16-14-23(20-29(28)33-2)15-17-30(32)31-18-19-34-27-13-7-11-24-9-5-6-12-26(24)27/h3-17,20H,18-19,21H2,1-2H3,(H,31,32)/b17-15+. The fourth-order valence-electron chi connectivity index (χ4n) is 3.72. The SMILES string of the molecule is COc1cc(/C=C/C(=O)NCCOc2cccc3ccccc23)ccc1OCc1ccccc1C. The maximum absolute atomic E-state index is 12.2. The van der Waals surface area contributed by atoms with Gasteiger partial charge in [0.05, 0.1) is 13.7 Å². The molecule has 0 aliphatic rings. The normalized spacial score (nSPS) is 10.9. The molecule has 0 unspecified atom stereocenters. The average Bonchev–Trinajstić information content (AvgIpc) is 2.89. The topological polar surface area (TPSA) is 56.8 Å². The lowest BCUT2D eigenvalue weighted by Crippen LogP contribution is -2.26. The fraction of sp³-hybridized carbons (Fsp3) is 0.167. The predicted molar refractivity (Wildman–Crippen MR) is 140 cm³/mol. The molecular formula is C30H29NO4. The van der Waals surface area contributed by atoms with Crippen LogP contribution in [-0.2, 0) is 11.4 Å². The number of fused-ring (bicyclic) bond motifs is 1. The van der Waals surface area contributed by atoms with Gasteiger partial charge in [-0.3, -0.25) is 4.79 Å². The Morgan fingerprint density at radius 2 is 1.66 bits per heavy atom. The number of methoxy groups -OCH3 is 1. The second-order valence-corrected chi connectivity index (χ2v) is 8.08. The number of carbonyl (C=O) groups excluding carboxylic acids is 1. The monoisotopic (exact) mass is 467 g/mol. The highest BCUT2D eigenvalue weighted by Gasteiger charge is 2.07. The number of nitrogens with one attached hydrogen (secondary N) is 1. The summed E-state index contributed by atoms with van der Waals surface area (Å²) in [5.74, 6) is 1.89. The Hall–Kier alpha value is -4.25. The summed E-state index contributed by atoms with van der Waals surface area (Å²) in [5.41, 5.74) is 3.14. The smallest absolute Gasteiger partial charge is 0.244 e. The molecule has 0 saturated heterocycles. The van der Waals surface area contributed by atoms with Crippen LogP contribution in [0.25, 0.3) is 16.8 Å². The summed E-state index contributed by atoms with van der Waals surface area (Å²) in [6.07, 6.45) is 3.25. The van der Waals surface area contributed by atoms with Gasteiger partial charge in [-0.2, -0.15) is 0 Å². The number of aryl methyl sites for hydroxylation is 1. The molecule has 4 rings (SSSR count). The number of rotatable bonds is 10. The van der Waals surface area contributed by atoms with Crippen LogP contribution < -0.4 is 19.5 Å². The molecule has 0 aliphatic heterocycles. The van der Waals surface area contributed by atoms with Crippen LogP contribution in [0.5, 0.6) is 17.2 Å². The molecule has 0 fully saturated rings. The van der Waals surface area contributed by atoms with E-state index in [9.17, 15) is 4.79 Å². The van der Waals surface area contributed by atoms with Crippen molar-refractivity contribution in [3.05, 3.63) is 108 Å². The second-order valence-electron chi connectivity index (χ2n) is 8.08. The van der Waals surface area contributed by atoms with Crippen LogP contribution in [-0.4, -0.2) is 26.2 Å². The summed E-state index contributed by atoms with van der Waals surface area (Å²) in [6, 6.07) is 27.7. The Bertz CT molecular complexity index is 1320.